The maximum Gasteiger partial charge on any atom is 0.227 e. The lowest BCUT2D eigenvalue weighted by atomic mass is 9.98. The molecule has 17 heavy (non-hydrogen) atoms. The molecule has 0 saturated carbocycles. The van der Waals surface area contributed by atoms with Gasteiger partial charge in [-0.25, -0.2) is 0 Å². The highest BCUT2D eigenvalue weighted by atomic mass is 16.3. The lowest BCUT2D eigenvalue weighted by Gasteiger charge is -2.14. The van der Waals surface area contributed by atoms with Crippen molar-refractivity contribution in [3.8, 4) is 0 Å². The van der Waals surface area contributed by atoms with Crippen molar-refractivity contribution in [2.75, 3.05) is 6.54 Å². The first-order valence-electron chi connectivity index (χ1n) is 6.09. The maximum atomic E-state index is 11.8. The molecule has 0 aromatic heterocycles. The van der Waals surface area contributed by atoms with E-state index in [2.05, 4.69) is 12.2 Å². The molecule has 94 valence electrons. The van der Waals surface area contributed by atoms with Gasteiger partial charge < -0.3 is 10.4 Å². The van der Waals surface area contributed by atoms with Gasteiger partial charge in [-0.05, 0) is 31.4 Å². The Hall–Kier alpha value is -1.35. The van der Waals surface area contributed by atoms with Gasteiger partial charge in [0.15, 0.2) is 0 Å². The summed E-state index contributed by atoms with van der Waals surface area (Å²) in [4.78, 5) is 11.8. The van der Waals surface area contributed by atoms with Gasteiger partial charge in [-0.1, -0.05) is 31.2 Å². The molecule has 3 heteroatoms. The topological polar surface area (TPSA) is 49.3 Å². The number of hydrogen-bond acceptors (Lipinski definition) is 2. The highest BCUT2D eigenvalue weighted by Gasteiger charge is 2.14. The van der Waals surface area contributed by atoms with Gasteiger partial charge in [0, 0.05) is 6.54 Å². The molecule has 0 saturated heterocycles. The Morgan fingerprint density at radius 3 is 2.35 bits per heavy atom. The molecule has 0 aliphatic rings. The molecule has 0 fully saturated rings. The Labute approximate surface area is 103 Å². The first-order valence-corrected chi connectivity index (χ1v) is 6.09. The van der Waals surface area contributed by atoms with Crippen LogP contribution >= 0.6 is 0 Å². The number of aliphatic hydroxyl groups excluding tert-OH is 1. The molecule has 0 radical (unpaired) electrons. The van der Waals surface area contributed by atoms with Crippen LogP contribution in [0.5, 0.6) is 0 Å². The molecule has 1 aromatic carbocycles. The fraction of sp³-hybridized carbons (Fsp3) is 0.500. The van der Waals surface area contributed by atoms with Crippen LogP contribution in [0.3, 0.4) is 0 Å². The number of nitrogens with one attached hydrogen (secondary N) is 1. The summed E-state index contributed by atoms with van der Waals surface area (Å²) in [6.45, 7) is 5.93. The molecular formula is C14H21NO2. The monoisotopic (exact) mass is 235 g/mol. The Bertz CT molecular complexity index is 357. The number of aliphatic hydroxyl groups is 1. The molecule has 0 heterocycles. The van der Waals surface area contributed by atoms with Crippen molar-refractivity contribution in [3.05, 3.63) is 35.4 Å². The Kier molecular flexibility index (Phi) is 5.16. The zero-order valence-electron chi connectivity index (χ0n) is 10.7. The van der Waals surface area contributed by atoms with E-state index >= 15 is 0 Å². The smallest absolute Gasteiger partial charge is 0.227 e. The van der Waals surface area contributed by atoms with Crippen molar-refractivity contribution in [3.63, 3.8) is 0 Å². The van der Waals surface area contributed by atoms with E-state index in [1.807, 2.05) is 31.2 Å². The predicted octanol–water partition coefficient (Wildman–Crippen LogP) is 1.85. The molecule has 0 aliphatic heterocycles. The summed E-state index contributed by atoms with van der Waals surface area (Å²) in [6, 6.07) is 8.08. The van der Waals surface area contributed by atoms with Crippen LogP contribution in [-0.4, -0.2) is 23.7 Å². The fourth-order valence-corrected chi connectivity index (χ4v) is 1.59. The van der Waals surface area contributed by atoms with Crippen molar-refractivity contribution in [2.24, 2.45) is 0 Å². The van der Waals surface area contributed by atoms with E-state index in [1.54, 1.807) is 6.92 Å². The van der Waals surface area contributed by atoms with Crippen LogP contribution in [0.1, 0.15) is 37.8 Å². The van der Waals surface area contributed by atoms with Gasteiger partial charge in [-0.3, -0.25) is 4.79 Å². The zero-order valence-corrected chi connectivity index (χ0v) is 10.7. The molecule has 0 aliphatic carbocycles. The van der Waals surface area contributed by atoms with E-state index < -0.39 is 6.10 Å². The summed E-state index contributed by atoms with van der Waals surface area (Å²) >= 11 is 0. The van der Waals surface area contributed by atoms with Crippen LogP contribution in [0.4, 0.5) is 0 Å². The molecule has 0 spiro atoms. The van der Waals surface area contributed by atoms with Crippen LogP contribution in [0.15, 0.2) is 24.3 Å². The first kappa shape index (κ1) is 13.7. The highest BCUT2D eigenvalue weighted by Crippen LogP contribution is 2.16. The summed E-state index contributed by atoms with van der Waals surface area (Å²) < 4.78 is 0. The number of carbonyl (C=O) groups is 1. The summed E-state index contributed by atoms with van der Waals surface area (Å²) in [7, 11) is 0. The van der Waals surface area contributed by atoms with Crippen molar-refractivity contribution < 1.29 is 9.90 Å². The van der Waals surface area contributed by atoms with Crippen LogP contribution < -0.4 is 5.32 Å². The van der Waals surface area contributed by atoms with E-state index in [1.165, 1.54) is 5.56 Å². The van der Waals surface area contributed by atoms with Gasteiger partial charge in [0.25, 0.3) is 0 Å². The second kappa shape index (κ2) is 6.40. The average molecular weight is 235 g/mol. The van der Waals surface area contributed by atoms with Crippen molar-refractivity contribution in [2.45, 2.75) is 39.2 Å². The number of aryl methyl sites for hydroxylation is 1. The zero-order chi connectivity index (χ0) is 12.8. The number of rotatable bonds is 5. The third-order valence-corrected chi connectivity index (χ3v) is 2.85. The molecule has 1 amide bonds. The Morgan fingerprint density at radius 2 is 1.88 bits per heavy atom. The van der Waals surface area contributed by atoms with Gasteiger partial charge in [0.2, 0.25) is 5.91 Å². The van der Waals surface area contributed by atoms with E-state index in [0.717, 1.165) is 12.0 Å². The molecule has 2 N–H and O–H groups in total. The minimum absolute atomic E-state index is 0.0462. The Morgan fingerprint density at radius 1 is 1.29 bits per heavy atom. The maximum absolute atomic E-state index is 11.8. The minimum Gasteiger partial charge on any atom is -0.392 e. The second-order valence-electron chi connectivity index (χ2n) is 4.41. The number of benzene rings is 1. The molecule has 0 bridgehead atoms. The van der Waals surface area contributed by atoms with Gasteiger partial charge >= 0.3 is 0 Å². The van der Waals surface area contributed by atoms with Crippen LogP contribution in [-0.2, 0) is 11.2 Å². The summed E-state index contributed by atoms with van der Waals surface area (Å²) in [5.41, 5.74) is 2.27. The fourth-order valence-electron chi connectivity index (χ4n) is 1.59. The van der Waals surface area contributed by atoms with Gasteiger partial charge in [0.05, 0.1) is 12.0 Å². The molecule has 2 unspecified atom stereocenters. The van der Waals surface area contributed by atoms with Gasteiger partial charge in [-0.15, -0.1) is 0 Å². The number of hydrogen-bond donors (Lipinski definition) is 2. The normalized spacial score (nSPS) is 14.1. The summed E-state index contributed by atoms with van der Waals surface area (Å²) in [6.07, 6.45) is 0.497. The molecular weight excluding hydrogens is 214 g/mol. The lowest BCUT2D eigenvalue weighted by Crippen LogP contribution is -2.33. The largest absolute Gasteiger partial charge is 0.392 e. The average Bonchev–Trinajstić information content (AvgIpc) is 2.35. The SMILES string of the molecule is CCc1ccc(C(C)C(=O)NCC(C)O)cc1. The van der Waals surface area contributed by atoms with Crippen molar-refractivity contribution in [1.29, 1.82) is 0 Å². The standard InChI is InChI=1S/C14H21NO2/c1-4-12-5-7-13(8-6-12)11(3)14(17)15-9-10(2)16/h5-8,10-11,16H,4,9H2,1-3H3,(H,15,17). The number of amides is 1. The van der Waals surface area contributed by atoms with Crippen molar-refractivity contribution in [1.82, 2.24) is 5.32 Å². The molecule has 1 aromatic rings. The van der Waals surface area contributed by atoms with Crippen molar-refractivity contribution >= 4 is 5.91 Å². The van der Waals surface area contributed by atoms with Crippen LogP contribution in [0, 0.1) is 0 Å². The molecule has 3 nitrogen and oxygen atoms in total. The van der Waals surface area contributed by atoms with E-state index in [0.29, 0.717) is 6.54 Å². The second-order valence-corrected chi connectivity index (χ2v) is 4.41. The summed E-state index contributed by atoms with van der Waals surface area (Å²) in [5.74, 6) is -0.227. The quantitative estimate of drug-likeness (QED) is 0.818. The van der Waals surface area contributed by atoms with Gasteiger partial charge in [-0.2, -0.15) is 0 Å². The van der Waals surface area contributed by atoms with Crippen LogP contribution in [0.2, 0.25) is 0 Å². The minimum atomic E-state index is -0.506. The number of carbonyl (C=O) groups excluding carboxylic acids is 1. The molecule has 2 atom stereocenters. The van der Waals surface area contributed by atoms with Gasteiger partial charge in [0.1, 0.15) is 0 Å². The third-order valence-electron chi connectivity index (χ3n) is 2.85. The highest BCUT2D eigenvalue weighted by molar-refractivity contribution is 5.83. The third kappa shape index (κ3) is 4.19. The lowest BCUT2D eigenvalue weighted by molar-refractivity contribution is -0.122. The molecule has 1 rings (SSSR count). The van der Waals surface area contributed by atoms with E-state index in [9.17, 15) is 4.79 Å². The van der Waals surface area contributed by atoms with E-state index in [4.69, 9.17) is 5.11 Å². The first-order chi connectivity index (χ1) is 8.04. The Balaban J connectivity index is 2.61. The van der Waals surface area contributed by atoms with Crippen LogP contribution in [0.25, 0.3) is 0 Å². The van der Waals surface area contributed by atoms with E-state index in [-0.39, 0.29) is 11.8 Å². The summed E-state index contributed by atoms with van der Waals surface area (Å²) in [5, 5.41) is 11.8. The predicted molar refractivity (Wildman–Crippen MR) is 68.9 cm³/mol.